The zero-order chi connectivity index (χ0) is 11.2. The molecular weight excluding hydrogens is 196 g/mol. The van der Waals surface area contributed by atoms with E-state index in [1.165, 1.54) is 30.4 Å². The Morgan fingerprint density at radius 3 is 2.88 bits per heavy atom. The van der Waals surface area contributed by atoms with E-state index in [9.17, 15) is 0 Å². The first-order valence-electron chi connectivity index (χ1n) is 6.12. The molecule has 1 heteroatoms. The van der Waals surface area contributed by atoms with Gasteiger partial charge in [0.1, 0.15) is 5.75 Å². The molecule has 0 N–H and O–H groups in total. The average Bonchev–Trinajstić information content (AvgIpc) is 2.34. The maximum Gasteiger partial charge on any atom is 0.130 e. The van der Waals surface area contributed by atoms with Crippen molar-refractivity contribution < 1.29 is 4.74 Å². The van der Waals surface area contributed by atoms with Crippen LogP contribution in [0.1, 0.15) is 37.7 Å². The summed E-state index contributed by atoms with van der Waals surface area (Å²) < 4.78 is 5.62. The first-order chi connectivity index (χ1) is 7.90. The second-order valence-corrected chi connectivity index (χ2v) is 4.34. The summed E-state index contributed by atoms with van der Waals surface area (Å²) in [6, 6.07) is 8.28. The van der Waals surface area contributed by atoms with E-state index in [0.717, 1.165) is 25.0 Å². The quantitative estimate of drug-likeness (QED) is 0.666. The lowest BCUT2D eigenvalue weighted by atomic mass is 9.98. The van der Waals surface area contributed by atoms with Gasteiger partial charge in [0, 0.05) is 6.42 Å². The van der Waals surface area contributed by atoms with Crippen LogP contribution in [0, 0.1) is 6.92 Å². The van der Waals surface area contributed by atoms with Gasteiger partial charge in [0.2, 0.25) is 0 Å². The van der Waals surface area contributed by atoms with E-state index in [1.54, 1.807) is 0 Å². The van der Waals surface area contributed by atoms with Crippen LogP contribution in [-0.4, -0.2) is 0 Å². The van der Waals surface area contributed by atoms with Crippen molar-refractivity contribution in [3.8, 4) is 5.75 Å². The minimum Gasteiger partial charge on any atom is -0.465 e. The molecular formula is C15H19O. The number of rotatable bonds is 5. The summed E-state index contributed by atoms with van der Waals surface area (Å²) in [4.78, 5) is 0. The van der Waals surface area contributed by atoms with Crippen molar-refractivity contribution in [2.45, 2.75) is 38.5 Å². The molecule has 1 heterocycles. The zero-order valence-electron chi connectivity index (χ0n) is 9.74. The van der Waals surface area contributed by atoms with Crippen molar-refractivity contribution in [1.29, 1.82) is 0 Å². The van der Waals surface area contributed by atoms with Gasteiger partial charge in [-0.1, -0.05) is 44.4 Å². The van der Waals surface area contributed by atoms with Crippen molar-refractivity contribution in [1.82, 2.24) is 0 Å². The highest BCUT2D eigenvalue weighted by atomic mass is 16.5. The summed E-state index contributed by atoms with van der Waals surface area (Å²) in [7, 11) is 0. The largest absolute Gasteiger partial charge is 0.465 e. The highest BCUT2D eigenvalue weighted by Gasteiger charge is 2.10. The second kappa shape index (κ2) is 5.74. The SMILES string of the molecule is [CH2]CCCCCC1=COc2ccccc2C1. The number of hydrogen-bond donors (Lipinski definition) is 0. The maximum atomic E-state index is 5.62. The fourth-order valence-electron chi connectivity index (χ4n) is 2.05. The number of unbranched alkanes of at least 4 members (excludes halogenated alkanes) is 3. The molecule has 2 rings (SSSR count). The Bertz CT molecular complexity index is 365. The minimum absolute atomic E-state index is 1.02. The summed E-state index contributed by atoms with van der Waals surface area (Å²) in [6.07, 6.45) is 8.99. The number of ether oxygens (including phenoxy) is 1. The van der Waals surface area contributed by atoms with Crippen molar-refractivity contribution >= 4 is 0 Å². The van der Waals surface area contributed by atoms with E-state index in [0.29, 0.717) is 0 Å². The third-order valence-corrected chi connectivity index (χ3v) is 2.99. The Balaban J connectivity index is 1.84. The predicted octanol–water partition coefficient (Wildman–Crippen LogP) is 4.29. The lowest BCUT2D eigenvalue weighted by molar-refractivity contribution is 0.450. The lowest BCUT2D eigenvalue weighted by Crippen LogP contribution is -2.02. The molecule has 0 saturated carbocycles. The predicted molar refractivity (Wildman–Crippen MR) is 67.3 cm³/mol. The molecule has 0 spiro atoms. The minimum atomic E-state index is 1.02. The van der Waals surface area contributed by atoms with Gasteiger partial charge in [-0.2, -0.15) is 0 Å². The third kappa shape index (κ3) is 2.88. The summed E-state index contributed by atoms with van der Waals surface area (Å²) in [5.41, 5.74) is 2.74. The second-order valence-electron chi connectivity index (χ2n) is 4.34. The van der Waals surface area contributed by atoms with Gasteiger partial charge in [-0.3, -0.25) is 0 Å². The summed E-state index contributed by atoms with van der Waals surface area (Å²) in [5.74, 6) is 1.02. The molecule has 0 fully saturated rings. The van der Waals surface area contributed by atoms with Gasteiger partial charge in [-0.15, -0.1) is 0 Å². The highest BCUT2D eigenvalue weighted by Crippen LogP contribution is 2.28. The molecule has 85 valence electrons. The van der Waals surface area contributed by atoms with Crippen LogP contribution >= 0.6 is 0 Å². The molecule has 0 aromatic heterocycles. The van der Waals surface area contributed by atoms with Crippen molar-refractivity contribution in [3.63, 3.8) is 0 Å². The molecule has 0 bridgehead atoms. The molecule has 0 unspecified atom stereocenters. The Morgan fingerprint density at radius 1 is 1.12 bits per heavy atom. The molecule has 1 aromatic rings. The highest BCUT2D eigenvalue weighted by molar-refractivity contribution is 5.39. The molecule has 16 heavy (non-hydrogen) atoms. The molecule has 1 aliphatic rings. The number of hydrogen-bond acceptors (Lipinski definition) is 1. The Morgan fingerprint density at radius 2 is 2.00 bits per heavy atom. The van der Waals surface area contributed by atoms with Crippen LogP contribution in [0.3, 0.4) is 0 Å². The van der Waals surface area contributed by atoms with Crippen molar-refractivity contribution in [2.24, 2.45) is 0 Å². The van der Waals surface area contributed by atoms with Crippen LogP contribution in [0.15, 0.2) is 36.1 Å². The molecule has 1 aromatic carbocycles. The van der Waals surface area contributed by atoms with E-state index in [4.69, 9.17) is 4.74 Å². The first kappa shape index (κ1) is 11.3. The number of benzene rings is 1. The summed E-state index contributed by atoms with van der Waals surface area (Å²) >= 11 is 0. The Kier molecular flexibility index (Phi) is 4.03. The molecule has 0 aliphatic carbocycles. The van der Waals surface area contributed by atoms with Crippen LogP contribution in [0.5, 0.6) is 5.75 Å². The number of allylic oxidation sites excluding steroid dienone is 1. The molecule has 1 radical (unpaired) electrons. The van der Waals surface area contributed by atoms with E-state index in [-0.39, 0.29) is 0 Å². The fourth-order valence-corrected chi connectivity index (χ4v) is 2.05. The van der Waals surface area contributed by atoms with E-state index >= 15 is 0 Å². The Labute approximate surface area is 98.1 Å². The molecule has 0 saturated heterocycles. The Hall–Kier alpha value is -1.24. The van der Waals surface area contributed by atoms with Gasteiger partial charge < -0.3 is 4.74 Å². The lowest BCUT2D eigenvalue weighted by Gasteiger charge is -2.16. The fraction of sp³-hybridized carbons (Fsp3) is 0.400. The van der Waals surface area contributed by atoms with Gasteiger partial charge in [-0.05, 0) is 30.0 Å². The van der Waals surface area contributed by atoms with E-state index < -0.39 is 0 Å². The third-order valence-electron chi connectivity index (χ3n) is 2.99. The standard InChI is InChI=1S/C15H19O/c1-2-3-4-5-8-13-11-14-9-6-7-10-15(14)16-12-13/h6-7,9-10,12H,1-5,8,11H2. The number of para-hydroxylation sites is 1. The van der Waals surface area contributed by atoms with Crippen LogP contribution in [0.2, 0.25) is 0 Å². The van der Waals surface area contributed by atoms with Crippen LogP contribution < -0.4 is 4.74 Å². The molecule has 0 atom stereocenters. The van der Waals surface area contributed by atoms with E-state index in [1.807, 2.05) is 18.4 Å². The summed E-state index contributed by atoms with van der Waals surface area (Å²) in [5, 5.41) is 0. The summed E-state index contributed by atoms with van der Waals surface area (Å²) in [6.45, 7) is 3.86. The topological polar surface area (TPSA) is 9.23 Å². The normalized spacial score (nSPS) is 13.9. The van der Waals surface area contributed by atoms with Crippen LogP contribution in [-0.2, 0) is 6.42 Å². The average molecular weight is 215 g/mol. The van der Waals surface area contributed by atoms with Gasteiger partial charge >= 0.3 is 0 Å². The van der Waals surface area contributed by atoms with Crippen molar-refractivity contribution in [2.75, 3.05) is 0 Å². The number of fused-ring (bicyclic) bond motifs is 1. The van der Waals surface area contributed by atoms with Gasteiger partial charge in [0.25, 0.3) is 0 Å². The van der Waals surface area contributed by atoms with Crippen molar-refractivity contribution in [3.05, 3.63) is 48.6 Å². The smallest absolute Gasteiger partial charge is 0.130 e. The van der Waals surface area contributed by atoms with Gasteiger partial charge in [-0.25, -0.2) is 0 Å². The van der Waals surface area contributed by atoms with Crippen LogP contribution in [0.25, 0.3) is 0 Å². The van der Waals surface area contributed by atoms with Gasteiger partial charge in [0.15, 0.2) is 0 Å². The maximum absolute atomic E-state index is 5.62. The first-order valence-corrected chi connectivity index (χ1v) is 6.12. The van der Waals surface area contributed by atoms with Gasteiger partial charge in [0.05, 0.1) is 6.26 Å². The molecule has 0 amide bonds. The van der Waals surface area contributed by atoms with Crippen LogP contribution in [0.4, 0.5) is 0 Å². The molecule has 1 nitrogen and oxygen atoms in total. The zero-order valence-corrected chi connectivity index (χ0v) is 9.74. The molecule has 1 aliphatic heterocycles. The monoisotopic (exact) mass is 215 g/mol. The van der Waals surface area contributed by atoms with E-state index in [2.05, 4.69) is 19.1 Å².